The van der Waals surface area contributed by atoms with Crippen LogP contribution in [0.15, 0.2) is 30.3 Å². The third-order valence-electron chi connectivity index (χ3n) is 5.36. The molecule has 138 valence electrons. The van der Waals surface area contributed by atoms with Gasteiger partial charge in [0.15, 0.2) is 9.84 Å². The van der Waals surface area contributed by atoms with Crippen molar-refractivity contribution in [2.45, 2.75) is 44.3 Å². The zero-order chi connectivity index (χ0) is 18.1. The zero-order valence-corrected chi connectivity index (χ0v) is 15.4. The molecule has 2 unspecified atom stereocenters. The number of hydrogen-bond acceptors (Lipinski definition) is 4. The van der Waals surface area contributed by atoms with E-state index in [1.807, 2.05) is 30.3 Å². The molecule has 25 heavy (non-hydrogen) atoms. The van der Waals surface area contributed by atoms with Gasteiger partial charge in [-0.15, -0.1) is 0 Å². The fraction of sp³-hybridized carbons (Fsp3) is 0.611. The molecule has 1 aromatic carbocycles. The molecule has 2 aliphatic rings. The maximum absolute atomic E-state index is 12.5. The van der Waals surface area contributed by atoms with Crippen LogP contribution in [0.3, 0.4) is 0 Å². The Bertz CT molecular complexity index is 722. The molecular weight excluding hydrogens is 340 g/mol. The highest BCUT2D eigenvalue weighted by molar-refractivity contribution is 7.91. The highest BCUT2D eigenvalue weighted by Gasteiger charge is 2.53. The molecule has 1 amide bonds. The molecule has 0 saturated carbocycles. The second kappa shape index (κ2) is 6.96. The van der Waals surface area contributed by atoms with Crippen molar-refractivity contribution in [3.63, 3.8) is 0 Å². The lowest BCUT2D eigenvalue weighted by Crippen LogP contribution is -2.73. The van der Waals surface area contributed by atoms with Crippen LogP contribution in [0, 0.1) is 0 Å². The van der Waals surface area contributed by atoms with E-state index in [1.54, 1.807) is 0 Å². The number of rotatable bonds is 5. The van der Waals surface area contributed by atoms with Gasteiger partial charge in [-0.3, -0.25) is 4.90 Å². The van der Waals surface area contributed by atoms with Gasteiger partial charge < -0.3 is 10.0 Å². The van der Waals surface area contributed by atoms with Gasteiger partial charge in [-0.1, -0.05) is 50.1 Å². The number of piperazine rings is 1. The monoisotopic (exact) mass is 366 g/mol. The largest absolute Gasteiger partial charge is 0.465 e. The Labute approximate surface area is 149 Å². The van der Waals surface area contributed by atoms with Gasteiger partial charge in [0, 0.05) is 25.7 Å². The van der Waals surface area contributed by atoms with Crippen LogP contribution in [-0.2, 0) is 16.4 Å². The molecule has 1 N–H and O–H groups in total. The molecule has 0 aliphatic carbocycles. The molecule has 7 heteroatoms. The minimum Gasteiger partial charge on any atom is -0.465 e. The van der Waals surface area contributed by atoms with Crippen LogP contribution < -0.4 is 0 Å². The van der Waals surface area contributed by atoms with Gasteiger partial charge in [0.1, 0.15) is 0 Å². The van der Waals surface area contributed by atoms with Gasteiger partial charge in [0.05, 0.1) is 17.0 Å². The number of benzene rings is 1. The average molecular weight is 366 g/mol. The minimum atomic E-state index is -3.17. The summed E-state index contributed by atoms with van der Waals surface area (Å²) in [4.78, 5) is 15.3. The zero-order valence-electron chi connectivity index (χ0n) is 14.6. The van der Waals surface area contributed by atoms with Gasteiger partial charge >= 0.3 is 6.09 Å². The van der Waals surface area contributed by atoms with E-state index in [4.69, 9.17) is 0 Å². The number of nitrogens with zero attached hydrogens (tertiary/aromatic N) is 2. The van der Waals surface area contributed by atoms with Crippen molar-refractivity contribution in [1.29, 1.82) is 0 Å². The Morgan fingerprint density at radius 3 is 2.68 bits per heavy atom. The van der Waals surface area contributed by atoms with Crippen LogP contribution in [0.4, 0.5) is 4.79 Å². The number of unbranched alkanes of at least 4 members (excludes halogenated alkanes) is 1. The number of carboxylic acid groups (broad SMARTS) is 1. The van der Waals surface area contributed by atoms with Gasteiger partial charge in [0.2, 0.25) is 0 Å². The molecule has 2 fully saturated rings. The highest BCUT2D eigenvalue weighted by atomic mass is 32.2. The Morgan fingerprint density at radius 2 is 2.04 bits per heavy atom. The quantitative estimate of drug-likeness (QED) is 0.864. The third-order valence-corrected chi connectivity index (χ3v) is 7.23. The summed E-state index contributed by atoms with van der Waals surface area (Å²) in [5, 5.41) is 9.50. The maximum atomic E-state index is 12.5. The first-order chi connectivity index (χ1) is 11.9. The van der Waals surface area contributed by atoms with Crippen LogP contribution in [0.25, 0.3) is 0 Å². The lowest BCUT2D eigenvalue weighted by atomic mass is 9.86. The second-order valence-corrected chi connectivity index (χ2v) is 9.42. The number of sulfone groups is 1. The number of hydrogen-bond donors (Lipinski definition) is 1. The van der Waals surface area contributed by atoms with E-state index in [0.29, 0.717) is 13.0 Å². The molecule has 1 aromatic rings. The average Bonchev–Trinajstić information content (AvgIpc) is 2.54. The van der Waals surface area contributed by atoms with E-state index in [2.05, 4.69) is 11.8 Å². The second-order valence-electron chi connectivity index (χ2n) is 7.31. The third kappa shape index (κ3) is 3.82. The number of carbonyl (C=O) groups is 1. The van der Waals surface area contributed by atoms with Crippen LogP contribution in [-0.4, -0.2) is 65.6 Å². The first kappa shape index (κ1) is 18.2. The Hall–Kier alpha value is -1.60. The molecule has 0 radical (unpaired) electrons. The lowest BCUT2D eigenvalue weighted by Gasteiger charge is -2.57. The summed E-state index contributed by atoms with van der Waals surface area (Å²) in [6, 6.07) is 9.73. The van der Waals surface area contributed by atoms with Crippen molar-refractivity contribution in [3.05, 3.63) is 35.9 Å². The lowest BCUT2D eigenvalue weighted by molar-refractivity contribution is -0.0364. The van der Waals surface area contributed by atoms with E-state index in [9.17, 15) is 18.3 Å². The SMILES string of the molecule is CCCCC12CN(C(=O)O)CC(CS(=O)(=O)C1)N2Cc1ccccc1. The molecule has 0 spiro atoms. The van der Waals surface area contributed by atoms with Crippen molar-refractivity contribution in [2.75, 3.05) is 24.6 Å². The van der Waals surface area contributed by atoms with Crippen LogP contribution in [0.2, 0.25) is 0 Å². The van der Waals surface area contributed by atoms with Crippen molar-refractivity contribution >= 4 is 15.9 Å². The van der Waals surface area contributed by atoms with Gasteiger partial charge in [-0.05, 0) is 12.0 Å². The first-order valence-electron chi connectivity index (χ1n) is 8.84. The van der Waals surface area contributed by atoms with Gasteiger partial charge in [-0.25, -0.2) is 13.2 Å². The van der Waals surface area contributed by atoms with E-state index >= 15 is 0 Å². The van der Waals surface area contributed by atoms with Crippen molar-refractivity contribution in [2.24, 2.45) is 0 Å². The first-order valence-corrected chi connectivity index (χ1v) is 10.7. The van der Waals surface area contributed by atoms with Crippen molar-refractivity contribution in [3.8, 4) is 0 Å². The summed E-state index contributed by atoms with van der Waals surface area (Å²) in [7, 11) is -3.17. The van der Waals surface area contributed by atoms with Gasteiger partial charge in [-0.2, -0.15) is 0 Å². The van der Waals surface area contributed by atoms with Crippen LogP contribution >= 0.6 is 0 Å². The molecule has 3 rings (SSSR count). The maximum Gasteiger partial charge on any atom is 0.407 e. The smallest absolute Gasteiger partial charge is 0.407 e. The fourth-order valence-electron chi connectivity index (χ4n) is 4.31. The summed E-state index contributed by atoms with van der Waals surface area (Å²) < 4.78 is 25.0. The molecule has 2 aliphatic heterocycles. The number of amides is 1. The van der Waals surface area contributed by atoms with E-state index in [1.165, 1.54) is 4.90 Å². The van der Waals surface area contributed by atoms with Crippen LogP contribution in [0.1, 0.15) is 31.7 Å². The molecule has 6 nitrogen and oxygen atoms in total. The predicted octanol–water partition coefficient (Wildman–Crippen LogP) is 2.21. The Kier molecular flexibility index (Phi) is 5.06. The van der Waals surface area contributed by atoms with E-state index in [-0.39, 0.29) is 30.6 Å². The molecular formula is C18H26N2O4S. The summed E-state index contributed by atoms with van der Waals surface area (Å²) in [5.41, 5.74) is 0.515. The fourth-order valence-corrected chi connectivity index (χ4v) is 6.52. The molecule has 2 saturated heterocycles. The summed E-state index contributed by atoms with van der Waals surface area (Å²) in [6.45, 7) is 3.27. The number of fused-ring (bicyclic) bond motifs is 2. The van der Waals surface area contributed by atoms with Crippen molar-refractivity contribution < 1.29 is 18.3 Å². The molecule has 2 atom stereocenters. The molecule has 2 bridgehead atoms. The van der Waals surface area contributed by atoms with Crippen molar-refractivity contribution in [1.82, 2.24) is 9.80 Å². The standard InChI is InChI=1S/C18H26N2O4S/c1-2-3-9-18-13-19(17(21)22)11-16(12-25(23,24)14-18)20(18)10-15-7-5-4-6-8-15/h4-8,16H,2-3,9-14H2,1H3,(H,21,22). The van der Waals surface area contributed by atoms with Gasteiger partial charge in [0.25, 0.3) is 0 Å². The topological polar surface area (TPSA) is 77.9 Å². The molecule has 0 aromatic heterocycles. The molecule has 2 heterocycles. The minimum absolute atomic E-state index is 0.0392. The Balaban J connectivity index is 1.97. The highest BCUT2D eigenvalue weighted by Crippen LogP contribution is 2.38. The summed E-state index contributed by atoms with van der Waals surface area (Å²) in [5.74, 6) is 0.0879. The normalized spacial score (nSPS) is 28.7. The summed E-state index contributed by atoms with van der Waals surface area (Å²) in [6.07, 6.45) is 1.60. The Morgan fingerprint density at radius 1 is 1.32 bits per heavy atom. The summed E-state index contributed by atoms with van der Waals surface area (Å²) >= 11 is 0. The van der Waals surface area contributed by atoms with E-state index < -0.39 is 21.5 Å². The van der Waals surface area contributed by atoms with Crippen LogP contribution in [0.5, 0.6) is 0 Å². The van der Waals surface area contributed by atoms with E-state index in [0.717, 1.165) is 18.4 Å². The predicted molar refractivity (Wildman–Crippen MR) is 96.3 cm³/mol.